The number of nitrogens with zero attached hydrogens (tertiary/aromatic N) is 4. The average molecular weight is 440 g/mol. The van der Waals surface area contributed by atoms with Gasteiger partial charge in [0.15, 0.2) is 6.54 Å². The number of aryl methyl sites for hydroxylation is 2. The van der Waals surface area contributed by atoms with Crippen molar-refractivity contribution in [3.8, 4) is 0 Å². The lowest BCUT2D eigenvalue weighted by Gasteiger charge is -2.04. The molecule has 10 heteroatoms. The molecule has 0 saturated heterocycles. The Balaban J connectivity index is 0.000000445. The van der Waals surface area contributed by atoms with Crippen molar-refractivity contribution in [3.05, 3.63) is 67.3 Å². The van der Waals surface area contributed by atoms with E-state index < -0.39 is 10.0 Å². The molecule has 0 saturated carbocycles. The fourth-order valence-electron chi connectivity index (χ4n) is 2.39. The van der Waals surface area contributed by atoms with Crippen molar-refractivity contribution in [3.63, 3.8) is 0 Å². The van der Waals surface area contributed by atoms with E-state index in [1.54, 1.807) is 36.8 Å². The normalized spacial score (nSPS) is 10.4. The molecule has 2 aromatic heterocycles. The van der Waals surface area contributed by atoms with Crippen LogP contribution in [0.5, 0.6) is 0 Å². The predicted octanol–water partition coefficient (Wildman–Crippen LogP) is -1.04. The maximum absolute atomic E-state index is 12.1. The summed E-state index contributed by atoms with van der Waals surface area (Å²) in [6, 6.07) is 6.40. The SMILES string of the molecule is CCn1cc[n+](CC(=O)c2ccc(NS(C)(=O)=O)cc2)c1.CCn1ccnc1.[Cl-]. The van der Waals surface area contributed by atoms with Crippen LogP contribution in [0.2, 0.25) is 0 Å². The first kappa shape index (κ1) is 24.4. The highest BCUT2D eigenvalue weighted by molar-refractivity contribution is 7.92. The van der Waals surface area contributed by atoms with Crippen LogP contribution in [0.4, 0.5) is 5.69 Å². The number of aromatic nitrogens is 4. The Hall–Kier alpha value is -2.65. The van der Waals surface area contributed by atoms with E-state index >= 15 is 0 Å². The molecule has 0 unspecified atom stereocenters. The van der Waals surface area contributed by atoms with Crippen molar-refractivity contribution in [1.29, 1.82) is 0 Å². The van der Waals surface area contributed by atoms with E-state index in [1.165, 1.54) is 0 Å². The molecule has 0 aliphatic rings. The molecular formula is C19H26ClN5O3S. The number of benzene rings is 1. The molecule has 8 nitrogen and oxygen atoms in total. The van der Waals surface area contributed by atoms with Gasteiger partial charge < -0.3 is 17.0 Å². The van der Waals surface area contributed by atoms with Crippen molar-refractivity contribution < 1.29 is 30.2 Å². The number of carbonyl (C=O) groups is 1. The minimum atomic E-state index is -3.30. The zero-order valence-corrected chi connectivity index (χ0v) is 18.3. The van der Waals surface area contributed by atoms with Gasteiger partial charge in [0.1, 0.15) is 12.4 Å². The summed E-state index contributed by atoms with van der Waals surface area (Å²) in [7, 11) is -3.30. The maximum atomic E-state index is 12.1. The van der Waals surface area contributed by atoms with E-state index in [0.29, 0.717) is 11.3 Å². The molecule has 1 N–H and O–H groups in total. The van der Waals surface area contributed by atoms with Crippen molar-refractivity contribution in [1.82, 2.24) is 14.1 Å². The Morgan fingerprint density at radius 3 is 2.21 bits per heavy atom. The van der Waals surface area contributed by atoms with E-state index in [2.05, 4.69) is 16.6 Å². The summed E-state index contributed by atoms with van der Waals surface area (Å²) < 4.78 is 30.4. The number of nitrogens with one attached hydrogen (secondary N) is 1. The Kier molecular flexibility index (Phi) is 9.57. The predicted molar refractivity (Wildman–Crippen MR) is 107 cm³/mol. The third-order valence-electron chi connectivity index (χ3n) is 3.87. The smallest absolute Gasteiger partial charge is 0.244 e. The molecule has 29 heavy (non-hydrogen) atoms. The summed E-state index contributed by atoms with van der Waals surface area (Å²) in [5.41, 5.74) is 0.990. The van der Waals surface area contributed by atoms with Gasteiger partial charge in [-0.2, -0.15) is 0 Å². The zero-order valence-electron chi connectivity index (χ0n) is 16.7. The van der Waals surface area contributed by atoms with Gasteiger partial charge in [0.05, 0.1) is 19.1 Å². The number of ketones is 1. The molecule has 0 fully saturated rings. The second-order valence-corrected chi connectivity index (χ2v) is 7.93. The van der Waals surface area contributed by atoms with E-state index in [-0.39, 0.29) is 24.7 Å². The van der Waals surface area contributed by atoms with Gasteiger partial charge in [-0.05, 0) is 38.1 Å². The lowest BCUT2D eigenvalue weighted by Crippen LogP contribution is -3.00. The first-order valence-corrected chi connectivity index (χ1v) is 10.8. The monoisotopic (exact) mass is 439 g/mol. The molecule has 3 rings (SSSR count). The fourth-order valence-corrected chi connectivity index (χ4v) is 2.95. The third kappa shape index (κ3) is 8.49. The lowest BCUT2D eigenvalue weighted by atomic mass is 10.1. The van der Waals surface area contributed by atoms with Crippen LogP contribution in [-0.2, 0) is 29.7 Å². The first-order chi connectivity index (χ1) is 13.3. The van der Waals surface area contributed by atoms with Gasteiger partial charge in [0.2, 0.25) is 22.1 Å². The van der Waals surface area contributed by atoms with Gasteiger partial charge in [0.25, 0.3) is 0 Å². The minimum absolute atomic E-state index is 0. The summed E-state index contributed by atoms with van der Waals surface area (Å²) in [5, 5.41) is 0. The van der Waals surface area contributed by atoms with Crippen LogP contribution in [0.15, 0.2) is 61.7 Å². The average Bonchev–Trinajstić information content (AvgIpc) is 3.33. The molecule has 0 amide bonds. The van der Waals surface area contributed by atoms with Crippen LogP contribution in [-0.4, -0.2) is 34.6 Å². The summed E-state index contributed by atoms with van der Waals surface area (Å²) in [6.07, 6.45) is 12.2. The number of hydrogen-bond acceptors (Lipinski definition) is 4. The van der Waals surface area contributed by atoms with Crippen LogP contribution in [0.3, 0.4) is 0 Å². The molecule has 0 spiro atoms. The van der Waals surface area contributed by atoms with Gasteiger partial charge in [-0.1, -0.05) is 0 Å². The van der Waals surface area contributed by atoms with Gasteiger partial charge >= 0.3 is 0 Å². The minimum Gasteiger partial charge on any atom is -1.00 e. The Bertz CT molecular complexity index is 983. The topological polar surface area (TPSA) is 89.9 Å². The van der Waals surface area contributed by atoms with E-state index in [9.17, 15) is 13.2 Å². The summed E-state index contributed by atoms with van der Waals surface area (Å²) in [5.74, 6) is -0.0280. The number of imidazole rings is 2. The molecule has 0 atom stereocenters. The van der Waals surface area contributed by atoms with E-state index in [1.807, 2.05) is 45.5 Å². The fraction of sp³-hybridized carbons (Fsp3) is 0.316. The maximum Gasteiger partial charge on any atom is 0.244 e. The Morgan fingerprint density at radius 2 is 1.76 bits per heavy atom. The second kappa shape index (κ2) is 11.4. The Morgan fingerprint density at radius 1 is 1.10 bits per heavy atom. The van der Waals surface area contributed by atoms with Gasteiger partial charge in [0, 0.05) is 30.2 Å². The summed E-state index contributed by atoms with van der Waals surface area (Å²) >= 11 is 0. The van der Waals surface area contributed by atoms with E-state index in [4.69, 9.17) is 0 Å². The van der Waals surface area contributed by atoms with Crippen molar-refractivity contribution in [2.75, 3.05) is 11.0 Å². The highest BCUT2D eigenvalue weighted by Crippen LogP contribution is 2.11. The van der Waals surface area contributed by atoms with Crippen molar-refractivity contribution in [2.45, 2.75) is 33.5 Å². The number of anilines is 1. The molecule has 158 valence electrons. The molecule has 2 heterocycles. The number of rotatable bonds is 7. The van der Waals surface area contributed by atoms with Crippen LogP contribution < -0.4 is 21.7 Å². The zero-order chi connectivity index (χ0) is 20.6. The molecule has 3 aromatic rings. The van der Waals surface area contributed by atoms with Gasteiger partial charge in [-0.15, -0.1) is 0 Å². The van der Waals surface area contributed by atoms with Gasteiger partial charge in [-0.25, -0.2) is 22.5 Å². The molecule has 0 aliphatic carbocycles. The Labute approximate surface area is 177 Å². The molecule has 1 aromatic carbocycles. The van der Waals surface area contributed by atoms with Crippen LogP contribution >= 0.6 is 0 Å². The number of halogens is 1. The molecule has 0 bridgehead atoms. The van der Waals surface area contributed by atoms with Gasteiger partial charge in [-0.3, -0.25) is 9.52 Å². The largest absolute Gasteiger partial charge is 1.00 e. The van der Waals surface area contributed by atoms with E-state index in [0.717, 1.165) is 19.3 Å². The standard InChI is InChI=1S/C14H17N3O3S.C5H8N2.ClH/c1-3-16-8-9-17(11-16)10-14(18)12-4-6-13(7-5-12)15-21(2,19)20;1-2-7-4-3-6-5-7;/h4-9,11H,3,10H2,1-2H3;3-5H,2H2,1H3;1H. The van der Waals surface area contributed by atoms with Crippen LogP contribution in [0, 0.1) is 0 Å². The van der Waals surface area contributed by atoms with Crippen LogP contribution in [0.25, 0.3) is 0 Å². The molecule has 0 radical (unpaired) electrons. The quantitative estimate of drug-likeness (QED) is 0.376. The number of sulfonamides is 1. The second-order valence-electron chi connectivity index (χ2n) is 6.18. The highest BCUT2D eigenvalue weighted by atomic mass is 35.5. The molecular weight excluding hydrogens is 414 g/mol. The highest BCUT2D eigenvalue weighted by Gasteiger charge is 2.11. The van der Waals surface area contributed by atoms with Crippen molar-refractivity contribution in [2.24, 2.45) is 0 Å². The summed E-state index contributed by atoms with van der Waals surface area (Å²) in [6.45, 7) is 6.24. The number of Topliss-reactive ketones (excluding diaryl/α,β-unsaturated/α-hetero) is 1. The lowest BCUT2D eigenvalue weighted by molar-refractivity contribution is -0.682. The molecule has 0 aliphatic heterocycles. The number of carbonyl (C=O) groups excluding carboxylic acids is 1. The number of hydrogen-bond donors (Lipinski definition) is 1. The van der Waals surface area contributed by atoms with Crippen LogP contribution in [0.1, 0.15) is 24.2 Å². The third-order valence-corrected chi connectivity index (χ3v) is 4.48. The first-order valence-electron chi connectivity index (χ1n) is 8.92. The van der Waals surface area contributed by atoms with Crippen molar-refractivity contribution >= 4 is 21.5 Å². The summed E-state index contributed by atoms with van der Waals surface area (Å²) in [4.78, 5) is 16.0.